The van der Waals surface area contributed by atoms with Gasteiger partial charge in [-0.15, -0.1) is 0 Å². The van der Waals surface area contributed by atoms with Gasteiger partial charge in [-0.25, -0.2) is 0 Å². The summed E-state index contributed by atoms with van der Waals surface area (Å²) in [5.74, 6) is 0. The highest BCUT2D eigenvalue weighted by atomic mass is 16.3. The molecule has 180 valence electrons. The van der Waals surface area contributed by atoms with E-state index in [2.05, 4.69) is 102 Å². The fourth-order valence-corrected chi connectivity index (χ4v) is 6.69. The lowest BCUT2D eigenvalue weighted by Gasteiger charge is -2.45. The number of aryl methyl sites for hydroxylation is 1. The van der Waals surface area contributed by atoms with Crippen LogP contribution in [0.2, 0.25) is 0 Å². The van der Waals surface area contributed by atoms with Crippen LogP contribution in [0.15, 0.2) is 131 Å². The minimum absolute atomic E-state index is 0.00166. The Labute approximate surface area is 220 Å². The van der Waals surface area contributed by atoms with Crippen molar-refractivity contribution in [2.75, 3.05) is 4.90 Å². The molecule has 1 aromatic heterocycles. The molecule has 38 heavy (non-hydrogen) atoms. The van der Waals surface area contributed by atoms with Gasteiger partial charge < -0.3 is 9.32 Å². The number of rotatable bonds is 1. The van der Waals surface area contributed by atoms with E-state index >= 15 is 0 Å². The van der Waals surface area contributed by atoms with Crippen LogP contribution in [0.3, 0.4) is 0 Å². The predicted octanol–water partition coefficient (Wildman–Crippen LogP) is 8.25. The lowest BCUT2D eigenvalue weighted by Crippen LogP contribution is -2.36. The molecule has 2 heterocycles. The van der Waals surface area contributed by atoms with E-state index in [9.17, 15) is 4.79 Å². The number of nitrogens with zero attached hydrogens (tertiary/aromatic N) is 1. The van der Waals surface area contributed by atoms with Crippen molar-refractivity contribution in [2.24, 2.45) is 0 Å². The Balaban J connectivity index is 1.50. The average Bonchev–Trinajstić information content (AvgIpc) is 3.27. The Bertz CT molecular complexity index is 1890. The first kappa shape index (κ1) is 21.2. The molecule has 0 amide bonds. The van der Waals surface area contributed by atoms with E-state index in [-0.39, 0.29) is 5.43 Å². The van der Waals surface area contributed by atoms with Gasteiger partial charge in [0.2, 0.25) is 0 Å². The number of hydrogen-bond donors (Lipinski definition) is 0. The maximum absolute atomic E-state index is 13.1. The zero-order valence-electron chi connectivity index (χ0n) is 20.8. The highest BCUT2D eigenvalue weighted by Crippen LogP contribution is 2.63. The van der Waals surface area contributed by atoms with E-state index in [0.29, 0.717) is 16.5 Å². The van der Waals surface area contributed by atoms with E-state index in [1.54, 1.807) is 6.92 Å². The maximum atomic E-state index is 13.1. The summed E-state index contributed by atoms with van der Waals surface area (Å²) in [5.41, 5.74) is 11.5. The van der Waals surface area contributed by atoms with Crippen molar-refractivity contribution in [1.82, 2.24) is 0 Å². The molecule has 2 aliphatic rings. The van der Waals surface area contributed by atoms with Gasteiger partial charge in [0.15, 0.2) is 5.43 Å². The highest BCUT2D eigenvalue weighted by Gasteiger charge is 2.51. The van der Waals surface area contributed by atoms with Crippen LogP contribution < -0.4 is 10.3 Å². The Hall–Kier alpha value is -4.89. The molecule has 0 saturated heterocycles. The van der Waals surface area contributed by atoms with Crippen LogP contribution in [0.1, 0.15) is 27.8 Å². The molecule has 0 radical (unpaired) electrons. The second-order valence-electron chi connectivity index (χ2n) is 10.1. The van der Waals surface area contributed by atoms with Crippen LogP contribution in [0.5, 0.6) is 0 Å². The third kappa shape index (κ3) is 2.55. The number of para-hydroxylation sites is 2. The molecule has 6 aromatic rings. The van der Waals surface area contributed by atoms with Crippen LogP contribution in [-0.2, 0) is 5.41 Å². The molecule has 3 nitrogen and oxygen atoms in total. The molecule has 1 aliphatic carbocycles. The lowest BCUT2D eigenvalue weighted by atomic mass is 9.64. The van der Waals surface area contributed by atoms with E-state index in [4.69, 9.17) is 4.42 Å². The molecular formula is C35H23NO2. The molecule has 1 spiro atoms. The van der Waals surface area contributed by atoms with Gasteiger partial charge in [0.1, 0.15) is 5.58 Å². The summed E-state index contributed by atoms with van der Waals surface area (Å²) in [6.07, 6.45) is 1.54. The van der Waals surface area contributed by atoms with Crippen molar-refractivity contribution in [2.45, 2.75) is 12.3 Å². The lowest BCUT2D eigenvalue weighted by molar-refractivity contribution is 0.597. The second kappa shape index (κ2) is 7.56. The minimum atomic E-state index is -0.441. The van der Waals surface area contributed by atoms with Gasteiger partial charge in [-0.1, -0.05) is 84.9 Å². The molecule has 0 saturated carbocycles. The molecule has 0 N–H and O–H groups in total. The third-order valence-corrected chi connectivity index (χ3v) is 8.24. The molecular weight excluding hydrogens is 466 g/mol. The van der Waals surface area contributed by atoms with Crippen molar-refractivity contribution in [3.63, 3.8) is 0 Å². The molecule has 0 atom stereocenters. The molecule has 0 fully saturated rings. The Morgan fingerprint density at radius 2 is 1.16 bits per heavy atom. The van der Waals surface area contributed by atoms with Crippen molar-refractivity contribution in [3.05, 3.63) is 160 Å². The van der Waals surface area contributed by atoms with Crippen molar-refractivity contribution in [3.8, 4) is 11.1 Å². The van der Waals surface area contributed by atoms with Gasteiger partial charge >= 0.3 is 0 Å². The van der Waals surface area contributed by atoms with Crippen LogP contribution in [0.4, 0.5) is 17.1 Å². The smallest absolute Gasteiger partial charge is 0.195 e. The van der Waals surface area contributed by atoms with Crippen LogP contribution in [0.25, 0.3) is 22.1 Å². The summed E-state index contributed by atoms with van der Waals surface area (Å²) in [4.78, 5) is 15.3. The number of benzene rings is 5. The Morgan fingerprint density at radius 3 is 1.76 bits per heavy atom. The van der Waals surface area contributed by atoms with E-state index in [0.717, 1.165) is 17.1 Å². The Morgan fingerprint density at radius 1 is 0.632 bits per heavy atom. The van der Waals surface area contributed by atoms with Crippen molar-refractivity contribution < 1.29 is 4.42 Å². The monoisotopic (exact) mass is 489 g/mol. The van der Waals surface area contributed by atoms with Crippen LogP contribution in [0, 0.1) is 6.92 Å². The second-order valence-corrected chi connectivity index (χ2v) is 10.1. The summed E-state index contributed by atoms with van der Waals surface area (Å²) in [6, 6.07) is 40.9. The highest BCUT2D eigenvalue weighted by molar-refractivity contribution is 5.96. The fourth-order valence-electron chi connectivity index (χ4n) is 6.69. The summed E-state index contributed by atoms with van der Waals surface area (Å²) in [6.45, 7) is 1.79. The largest absolute Gasteiger partial charge is 0.464 e. The maximum Gasteiger partial charge on any atom is 0.195 e. The summed E-state index contributed by atoms with van der Waals surface area (Å²) >= 11 is 0. The van der Waals surface area contributed by atoms with Gasteiger partial charge in [-0.05, 0) is 70.6 Å². The average molecular weight is 490 g/mol. The molecule has 5 aromatic carbocycles. The summed E-state index contributed by atoms with van der Waals surface area (Å²) in [5, 5.41) is 0.592. The van der Waals surface area contributed by atoms with Crippen molar-refractivity contribution in [1.29, 1.82) is 0 Å². The zero-order valence-corrected chi connectivity index (χ0v) is 20.8. The predicted molar refractivity (Wildman–Crippen MR) is 153 cm³/mol. The molecule has 0 unspecified atom stereocenters. The minimum Gasteiger partial charge on any atom is -0.464 e. The van der Waals surface area contributed by atoms with Crippen molar-refractivity contribution >= 4 is 28.0 Å². The normalized spacial score (nSPS) is 14.2. The Kier molecular flexibility index (Phi) is 4.22. The number of anilines is 3. The first-order valence-corrected chi connectivity index (χ1v) is 12.9. The quantitative estimate of drug-likeness (QED) is 0.233. The van der Waals surface area contributed by atoms with E-state index in [1.807, 2.05) is 18.2 Å². The SMILES string of the molecule is Cc1coc2ccc(N3c4ccccc4C4(c5ccccc5-c5ccccc54)c4ccccc43)cc2c1=O. The number of hydrogen-bond acceptors (Lipinski definition) is 3. The van der Waals surface area contributed by atoms with E-state index < -0.39 is 5.41 Å². The first-order chi connectivity index (χ1) is 18.7. The standard InChI is InChI=1S/C35H23NO2/c1-22-21-38-33-19-18-23(20-26(33)34(22)37)36-31-16-8-6-14-29(31)35(30-15-7-9-17-32(30)36)27-12-4-2-10-24(27)25-11-3-5-13-28(25)35/h2-21H,1H3. The van der Waals surface area contributed by atoms with Gasteiger partial charge in [-0.3, -0.25) is 4.79 Å². The third-order valence-electron chi connectivity index (χ3n) is 8.24. The van der Waals surface area contributed by atoms with Gasteiger partial charge in [0, 0.05) is 11.3 Å². The molecule has 0 bridgehead atoms. The van der Waals surface area contributed by atoms with E-state index in [1.165, 1.54) is 39.6 Å². The molecule has 8 rings (SSSR count). The fraction of sp³-hybridized carbons (Fsp3) is 0.0571. The van der Waals surface area contributed by atoms with Gasteiger partial charge in [0.25, 0.3) is 0 Å². The molecule has 1 aliphatic heterocycles. The number of fused-ring (bicyclic) bond motifs is 10. The van der Waals surface area contributed by atoms with Crippen LogP contribution >= 0.6 is 0 Å². The van der Waals surface area contributed by atoms with Gasteiger partial charge in [-0.2, -0.15) is 0 Å². The molecule has 3 heteroatoms. The van der Waals surface area contributed by atoms with Gasteiger partial charge in [0.05, 0.1) is 28.4 Å². The summed E-state index contributed by atoms with van der Waals surface area (Å²) < 4.78 is 5.74. The topological polar surface area (TPSA) is 33.5 Å². The zero-order chi connectivity index (χ0) is 25.4. The first-order valence-electron chi connectivity index (χ1n) is 12.9. The summed E-state index contributed by atoms with van der Waals surface area (Å²) in [7, 11) is 0. The van der Waals surface area contributed by atoms with Crippen LogP contribution in [-0.4, -0.2) is 0 Å².